The molecular formula is C23H22BrN3O4S. The van der Waals surface area contributed by atoms with Gasteiger partial charge in [-0.25, -0.2) is 0 Å². The molecule has 3 N–H and O–H groups in total. The fourth-order valence-electron chi connectivity index (χ4n) is 2.77. The highest BCUT2D eigenvalue weighted by Crippen LogP contribution is 2.27. The smallest absolute Gasteiger partial charge is 0.276 e. The van der Waals surface area contributed by atoms with E-state index >= 15 is 0 Å². The monoisotopic (exact) mass is 515 g/mol. The number of hydrogen-bond acceptors (Lipinski definition) is 5. The third-order valence-corrected chi connectivity index (χ3v) is 5.01. The van der Waals surface area contributed by atoms with E-state index < -0.39 is 11.8 Å². The lowest BCUT2D eigenvalue weighted by atomic mass is 10.1. The van der Waals surface area contributed by atoms with Gasteiger partial charge in [-0.2, -0.15) is 0 Å². The number of amides is 2. The average Bonchev–Trinajstić information content (AvgIpc) is 2.77. The Morgan fingerprint density at radius 1 is 1.00 bits per heavy atom. The van der Waals surface area contributed by atoms with Crippen LogP contribution < -0.4 is 25.6 Å². The topological polar surface area (TPSA) is 88.7 Å². The molecule has 32 heavy (non-hydrogen) atoms. The second-order valence-electron chi connectivity index (χ2n) is 7.07. The molecule has 3 aromatic carbocycles. The number of nitrogens with one attached hydrogen (secondary N) is 3. The molecule has 0 unspecified atom stereocenters. The first-order valence-corrected chi connectivity index (χ1v) is 11.0. The second kappa shape index (κ2) is 10.9. The molecule has 0 aliphatic heterocycles. The molecule has 0 aromatic heterocycles. The van der Waals surface area contributed by atoms with Crippen molar-refractivity contribution in [2.75, 3.05) is 6.61 Å². The Morgan fingerprint density at radius 3 is 2.47 bits per heavy atom. The van der Waals surface area contributed by atoms with E-state index in [4.69, 9.17) is 21.7 Å². The molecule has 0 heterocycles. The van der Waals surface area contributed by atoms with Gasteiger partial charge in [0.15, 0.2) is 11.7 Å². The molecule has 166 valence electrons. The highest BCUT2D eigenvalue weighted by molar-refractivity contribution is 9.10. The highest BCUT2D eigenvalue weighted by Gasteiger charge is 2.12. The van der Waals surface area contributed by atoms with Crippen molar-refractivity contribution in [1.82, 2.24) is 16.2 Å². The largest absolute Gasteiger partial charge is 0.490 e. The fourth-order valence-corrected chi connectivity index (χ4v) is 3.38. The van der Waals surface area contributed by atoms with Gasteiger partial charge in [0.05, 0.1) is 10.6 Å². The van der Waals surface area contributed by atoms with Crippen LogP contribution in [0.4, 0.5) is 0 Å². The van der Waals surface area contributed by atoms with E-state index in [9.17, 15) is 9.59 Å². The number of ether oxygens (including phenoxy) is 2. The van der Waals surface area contributed by atoms with Crippen LogP contribution >= 0.6 is 28.1 Å². The zero-order chi connectivity index (χ0) is 23.1. The number of fused-ring (bicyclic) bond motifs is 1. The Bertz CT molecular complexity index is 1150. The molecule has 0 aliphatic rings. The molecule has 2 amide bonds. The number of rotatable bonds is 6. The van der Waals surface area contributed by atoms with Crippen molar-refractivity contribution in [2.24, 2.45) is 0 Å². The van der Waals surface area contributed by atoms with Crippen LogP contribution in [0.15, 0.2) is 65.1 Å². The van der Waals surface area contributed by atoms with E-state index in [2.05, 4.69) is 32.1 Å². The van der Waals surface area contributed by atoms with Gasteiger partial charge in [-0.15, -0.1) is 0 Å². The minimum Gasteiger partial charge on any atom is -0.490 e. The molecule has 0 atom stereocenters. The van der Waals surface area contributed by atoms with Crippen LogP contribution in [0.2, 0.25) is 0 Å². The number of thiocarbonyl (C=S) groups is 1. The van der Waals surface area contributed by atoms with E-state index in [1.807, 2.05) is 50.2 Å². The maximum atomic E-state index is 12.4. The third-order valence-electron chi connectivity index (χ3n) is 4.19. The van der Waals surface area contributed by atoms with Crippen LogP contribution in [-0.4, -0.2) is 29.6 Å². The van der Waals surface area contributed by atoms with Gasteiger partial charge in [-0.05, 0) is 83.1 Å². The summed E-state index contributed by atoms with van der Waals surface area (Å²) < 4.78 is 11.8. The van der Waals surface area contributed by atoms with Gasteiger partial charge < -0.3 is 9.47 Å². The summed E-state index contributed by atoms with van der Waals surface area (Å²) in [6.45, 7) is 3.61. The van der Waals surface area contributed by atoms with Gasteiger partial charge in [0.1, 0.15) is 11.5 Å². The van der Waals surface area contributed by atoms with Crippen molar-refractivity contribution < 1.29 is 19.1 Å². The SMILES string of the molecule is CC(C)Oc1ccc(C(=O)NC(=S)NNC(=O)COc2ccc3ccccc3c2)cc1Br. The molecule has 0 bridgehead atoms. The van der Waals surface area contributed by atoms with Gasteiger partial charge in [0, 0.05) is 5.56 Å². The maximum absolute atomic E-state index is 12.4. The van der Waals surface area contributed by atoms with Crippen LogP contribution in [-0.2, 0) is 4.79 Å². The lowest BCUT2D eigenvalue weighted by molar-refractivity contribution is -0.123. The van der Waals surface area contributed by atoms with Gasteiger partial charge in [0.2, 0.25) is 0 Å². The van der Waals surface area contributed by atoms with Crippen LogP contribution in [0.3, 0.4) is 0 Å². The number of hydrazine groups is 1. The first kappa shape index (κ1) is 23.5. The molecule has 0 saturated carbocycles. The second-order valence-corrected chi connectivity index (χ2v) is 8.33. The average molecular weight is 516 g/mol. The van der Waals surface area contributed by atoms with E-state index in [1.54, 1.807) is 24.3 Å². The first-order chi connectivity index (χ1) is 15.3. The van der Waals surface area contributed by atoms with Crippen molar-refractivity contribution in [1.29, 1.82) is 0 Å². The molecule has 0 aliphatic carbocycles. The van der Waals surface area contributed by atoms with E-state index in [-0.39, 0.29) is 17.8 Å². The van der Waals surface area contributed by atoms with Crippen LogP contribution in [0.1, 0.15) is 24.2 Å². The zero-order valence-corrected chi connectivity index (χ0v) is 19.9. The van der Waals surface area contributed by atoms with Crippen molar-refractivity contribution in [2.45, 2.75) is 20.0 Å². The molecule has 0 radical (unpaired) electrons. The van der Waals surface area contributed by atoms with Gasteiger partial charge in [0.25, 0.3) is 11.8 Å². The number of hydrogen-bond donors (Lipinski definition) is 3. The fraction of sp³-hybridized carbons (Fsp3) is 0.174. The summed E-state index contributed by atoms with van der Waals surface area (Å²) in [7, 11) is 0. The Kier molecular flexibility index (Phi) is 8.02. The number of halogens is 1. The Labute approximate surface area is 199 Å². The molecule has 7 nitrogen and oxygen atoms in total. The third kappa shape index (κ3) is 6.66. The number of carbonyl (C=O) groups is 2. The molecule has 3 rings (SSSR count). The molecule has 3 aromatic rings. The molecular weight excluding hydrogens is 494 g/mol. The van der Waals surface area contributed by atoms with Crippen molar-refractivity contribution in [3.63, 3.8) is 0 Å². The van der Waals surface area contributed by atoms with Crippen LogP contribution in [0.5, 0.6) is 11.5 Å². The number of carbonyl (C=O) groups excluding carboxylic acids is 2. The van der Waals surface area contributed by atoms with Crippen molar-refractivity contribution >= 4 is 55.8 Å². The summed E-state index contributed by atoms with van der Waals surface area (Å²) in [5.74, 6) is 0.328. The number of benzene rings is 3. The predicted octanol–water partition coefficient (Wildman–Crippen LogP) is 4.10. The Balaban J connectivity index is 1.45. The minimum atomic E-state index is -0.451. The standard InChI is InChI=1S/C23H22BrN3O4S/c1-14(2)31-20-10-8-17(12-19(20)24)22(29)25-23(32)27-26-21(28)13-30-18-9-7-15-5-3-4-6-16(15)11-18/h3-12,14H,13H2,1-2H3,(H,26,28)(H2,25,27,29,32). The summed E-state index contributed by atoms with van der Waals surface area (Å²) in [6.07, 6.45) is 0.0107. The lowest BCUT2D eigenvalue weighted by Gasteiger charge is -2.13. The Morgan fingerprint density at radius 2 is 1.75 bits per heavy atom. The summed E-state index contributed by atoms with van der Waals surface area (Å²) in [6, 6.07) is 18.4. The van der Waals surface area contributed by atoms with Gasteiger partial charge in [-0.1, -0.05) is 30.3 Å². The summed E-state index contributed by atoms with van der Waals surface area (Å²) in [4.78, 5) is 24.4. The van der Waals surface area contributed by atoms with Crippen molar-refractivity contribution in [3.05, 3.63) is 70.7 Å². The quantitative estimate of drug-likeness (QED) is 0.338. The molecule has 0 spiro atoms. The van der Waals surface area contributed by atoms with Crippen molar-refractivity contribution in [3.8, 4) is 11.5 Å². The summed E-state index contributed by atoms with van der Waals surface area (Å²) in [5, 5.41) is 4.55. The predicted molar refractivity (Wildman–Crippen MR) is 131 cm³/mol. The van der Waals surface area contributed by atoms with E-state index in [0.717, 1.165) is 10.8 Å². The Hall–Kier alpha value is -3.17. The van der Waals surface area contributed by atoms with Crippen LogP contribution in [0.25, 0.3) is 10.8 Å². The minimum absolute atomic E-state index is 0.0107. The van der Waals surface area contributed by atoms with Crippen LogP contribution in [0, 0.1) is 0 Å². The zero-order valence-electron chi connectivity index (χ0n) is 17.5. The lowest BCUT2D eigenvalue weighted by Crippen LogP contribution is -2.49. The maximum Gasteiger partial charge on any atom is 0.276 e. The van der Waals surface area contributed by atoms with Gasteiger partial charge in [-0.3, -0.25) is 25.8 Å². The summed E-state index contributed by atoms with van der Waals surface area (Å²) >= 11 is 8.45. The molecule has 0 fully saturated rings. The van der Waals surface area contributed by atoms with E-state index in [0.29, 0.717) is 21.5 Å². The first-order valence-electron chi connectivity index (χ1n) is 9.80. The molecule has 9 heteroatoms. The van der Waals surface area contributed by atoms with E-state index in [1.165, 1.54) is 0 Å². The highest BCUT2D eigenvalue weighted by atomic mass is 79.9. The normalized spacial score (nSPS) is 10.5. The van der Waals surface area contributed by atoms with Gasteiger partial charge >= 0.3 is 0 Å². The summed E-state index contributed by atoms with van der Waals surface area (Å²) in [5.41, 5.74) is 5.25. The molecule has 0 saturated heterocycles.